The van der Waals surface area contributed by atoms with Crippen LogP contribution in [-0.4, -0.2) is 42.6 Å². The number of nitrogens with one attached hydrogen (secondary N) is 1. The second-order valence-electron chi connectivity index (χ2n) is 8.84. The molecular weight excluding hydrogens is 441 g/mol. The first-order chi connectivity index (χ1) is 16.0. The summed E-state index contributed by atoms with van der Waals surface area (Å²) < 4.78 is 21.2. The fourth-order valence-electron chi connectivity index (χ4n) is 4.63. The van der Waals surface area contributed by atoms with E-state index in [1.807, 2.05) is 22.9 Å². The fourth-order valence-corrected chi connectivity index (χ4v) is 4.92. The Balaban J connectivity index is 0.000000219. The highest BCUT2D eigenvalue weighted by atomic mass is 35.5. The van der Waals surface area contributed by atoms with Gasteiger partial charge >= 0.3 is 0 Å². The zero-order chi connectivity index (χ0) is 23.4. The van der Waals surface area contributed by atoms with Crippen molar-refractivity contribution in [2.45, 2.75) is 38.6 Å². The summed E-state index contributed by atoms with van der Waals surface area (Å²) in [6, 6.07) is 10.7. The van der Waals surface area contributed by atoms with E-state index in [4.69, 9.17) is 16.3 Å². The lowest BCUT2D eigenvalue weighted by atomic mass is 9.89. The lowest BCUT2D eigenvalue weighted by Gasteiger charge is -2.19. The first kappa shape index (κ1) is 23.6. The molecule has 176 valence electrons. The predicted molar refractivity (Wildman–Crippen MR) is 131 cm³/mol. The number of nitrogens with zero attached hydrogens (tertiary/aromatic N) is 2. The normalized spacial score (nSPS) is 16.8. The first-order valence-corrected chi connectivity index (χ1v) is 12.0. The van der Waals surface area contributed by atoms with Gasteiger partial charge in [0.05, 0.1) is 10.5 Å². The molecule has 1 saturated carbocycles. The molecule has 2 aliphatic rings. The van der Waals surface area contributed by atoms with E-state index in [1.165, 1.54) is 31.4 Å². The van der Waals surface area contributed by atoms with Crippen molar-refractivity contribution >= 4 is 28.4 Å². The molecule has 1 aliphatic carbocycles. The third kappa shape index (κ3) is 5.50. The van der Waals surface area contributed by atoms with Crippen molar-refractivity contribution in [2.75, 3.05) is 27.2 Å². The van der Waals surface area contributed by atoms with Crippen LogP contribution in [0.1, 0.15) is 37.7 Å². The Hall–Kier alpha value is -2.57. The smallest absolute Gasteiger partial charge is 0.222 e. The number of aromatic nitrogens is 1. The Labute approximate surface area is 199 Å². The van der Waals surface area contributed by atoms with Gasteiger partial charge in [-0.25, -0.2) is 4.39 Å². The first-order valence-electron chi connectivity index (χ1n) is 11.6. The zero-order valence-corrected chi connectivity index (χ0v) is 20.0. The number of benzene rings is 2. The highest BCUT2D eigenvalue weighted by molar-refractivity contribution is 6.32. The number of amides is 1. The molecule has 0 bridgehead atoms. The van der Waals surface area contributed by atoms with Crippen LogP contribution in [0.3, 0.4) is 0 Å². The third-order valence-corrected chi connectivity index (χ3v) is 6.70. The summed E-state index contributed by atoms with van der Waals surface area (Å²) in [7, 11) is 3.78. The molecule has 1 fully saturated rings. The van der Waals surface area contributed by atoms with E-state index in [1.54, 1.807) is 13.1 Å². The summed E-state index contributed by atoms with van der Waals surface area (Å²) in [6.45, 7) is 2.29. The van der Waals surface area contributed by atoms with Crippen LogP contribution in [0.15, 0.2) is 42.6 Å². The number of likely N-dealkylation sites (N-methyl/N-ethyl adjacent to an activating group) is 1. The Bertz CT molecular complexity index is 1120. The van der Waals surface area contributed by atoms with Crippen molar-refractivity contribution in [1.82, 2.24) is 14.8 Å². The van der Waals surface area contributed by atoms with E-state index in [0.29, 0.717) is 17.5 Å². The summed E-state index contributed by atoms with van der Waals surface area (Å²) in [5.74, 6) is 1.09. The van der Waals surface area contributed by atoms with E-state index in [9.17, 15) is 9.18 Å². The van der Waals surface area contributed by atoms with Gasteiger partial charge in [0.1, 0.15) is 18.2 Å². The maximum atomic E-state index is 13.4. The molecule has 5 nitrogen and oxygen atoms in total. The minimum Gasteiger partial charge on any atom is -0.490 e. The fraction of sp³-hybridized carbons (Fsp3) is 0.423. The Morgan fingerprint density at radius 2 is 1.94 bits per heavy atom. The van der Waals surface area contributed by atoms with E-state index < -0.39 is 0 Å². The molecule has 33 heavy (non-hydrogen) atoms. The second kappa shape index (κ2) is 10.6. The molecule has 0 spiro atoms. The standard InChI is InChI=1S/C18H16ClFN2O.C8H15NO/c1-21-6-7-23-18-13(11-21)9-15(10-16(18)19)22-5-4-12-8-14(20)2-3-17(12)22;1-9-8(10)7-5-3-2-4-6-7/h2-5,8-10H,6-7,11H2,1H3;7H,2-6H2,1H3,(H,9,10). The number of carbonyl (C=O) groups is 1. The van der Waals surface area contributed by atoms with Crippen LogP contribution in [0, 0.1) is 11.7 Å². The number of hydrogen-bond donors (Lipinski definition) is 1. The third-order valence-electron chi connectivity index (χ3n) is 6.42. The molecule has 1 N–H and O–H groups in total. The van der Waals surface area contributed by atoms with Gasteiger partial charge in [-0.15, -0.1) is 0 Å². The van der Waals surface area contributed by atoms with Crippen LogP contribution in [0.2, 0.25) is 5.02 Å². The van der Waals surface area contributed by atoms with Crippen LogP contribution >= 0.6 is 11.6 Å². The topological polar surface area (TPSA) is 46.5 Å². The van der Waals surface area contributed by atoms with Crippen LogP contribution in [0.4, 0.5) is 4.39 Å². The Morgan fingerprint density at radius 1 is 1.15 bits per heavy atom. The molecule has 1 amide bonds. The molecule has 0 atom stereocenters. The number of halogens is 2. The summed E-state index contributed by atoms with van der Waals surface area (Å²) >= 11 is 6.44. The maximum absolute atomic E-state index is 13.4. The molecule has 7 heteroatoms. The molecule has 0 saturated heterocycles. The lowest BCUT2D eigenvalue weighted by Crippen LogP contribution is -2.28. The van der Waals surface area contributed by atoms with E-state index in [0.717, 1.165) is 53.8 Å². The lowest BCUT2D eigenvalue weighted by molar-refractivity contribution is -0.125. The number of rotatable bonds is 2. The summed E-state index contributed by atoms with van der Waals surface area (Å²) in [5.41, 5.74) is 2.97. The molecule has 1 aromatic heterocycles. The number of fused-ring (bicyclic) bond motifs is 2. The molecule has 0 radical (unpaired) electrons. The summed E-state index contributed by atoms with van der Waals surface area (Å²) in [5, 5.41) is 4.17. The number of carbonyl (C=O) groups excluding carboxylic acids is 1. The molecule has 1 aliphatic heterocycles. The number of hydrogen-bond acceptors (Lipinski definition) is 3. The molecule has 3 aromatic rings. The van der Waals surface area contributed by atoms with Gasteiger partial charge in [0.2, 0.25) is 5.91 Å². The van der Waals surface area contributed by atoms with Gasteiger partial charge in [-0.1, -0.05) is 30.9 Å². The van der Waals surface area contributed by atoms with Gasteiger partial charge < -0.3 is 14.6 Å². The minimum absolute atomic E-state index is 0.231. The highest BCUT2D eigenvalue weighted by Crippen LogP contribution is 2.35. The van der Waals surface area contributed by atoms with Crippen molar-refractivity contribution in [1.29, 1.82) is 0 Å². The van der Waals surface area contributed by atoms with E-state index >= 15 is 0 Å². The Morgan fingerprint density at radius 3 is 2.70 bits per heavy atom. The van der Waals surface area contributed by atoms with Crippen molar-refractivity contribution in [2.24, 2.45) is 5.92 Å². The Kier molecular flexibility index (Phi) is 7.56. The second-order valence-corrected chi connectivity index (χ2v) is 9.25. The summed E-state index contributed by atoms with van der Waals surface area (Å²) in [6.07, 6.45) is 7.91. The summed E-state index contributed by atoms with van der Waals surface area (Å²) in [4.78, 5) is 13.3. The maximum Gasteiger partial charge on any atom is 0.222 e. The average Bonchev–Trinajstić information content (AvgIpc) is 3.13. The van der Waals surface area contributed by atoms with Gasteiger partial charge in [-0.05, 0) is 56.3 Å². The van der Waals surface area contributed by atoms with Crippen LogP contribution in [0.25, 0.3) is 16.6 Å². The van der Waals surface area contributed by atoms with Gasteiger partial charge in [0, 0.05) is 48.9 Å². The van der Waals surface area contributed by atoms with Crippen LogP contribution in [-0.2, 0) is 11.3 Å². The molecular formula is C26H31ClFN3O2. The quantitative estimate of drug-likeness (QED) is 0.532. The van der Waals surface area contributed by atoms with Gasteiger partial charge in [0.15, 0.2) is 0 Å². The molecule has 2 heterocycles. The van der Waals surface area contributed by atoms with Crippen molar-refractivity contribution in [3.05, 3.63) is 59.0 Å². The molecule has 0 unspecified atom stereocenters. The van der Waals surface area contributed by atoms with Gasteiger partial charge in [0.25, 0.3) is 0 Å². The van der Waals surface area contributed by atoms with Crippen molar-refractivity contribution in [3.8, 4) is 11.4 Å². The predicted octanol–water partition coefficient (Wildman–Crippen LogP) is 5.56. The van der Waals surface area contributed by atoms with Crippen LogP contribution in [0.5, 0.6) is 5.75 Å². The average molecular weight is 472 g/mol. The minimum atomic E-state index is -0.231. The molecule has 2 aromatic carbocycles. The zero-order valence-electron chi connectivity index (χ0n) is 19.2. The largest absolute Gasteiger partial charge is 0.490 e. The van der Waals surface area contributed by atoms with Gasteiger partial charge in [-0.3, -0.25) is 9.69 Å². The highest BCUT2D eigenvalue weighted by Gasteiger charge is 2.19. The van der Waals surface area contributed by atoms with Crippen LogP contribution < -0.4 is 10.1 Å². The SMILES string of the molecule is CN1CCOc2c(Cl)cc(-n3ccc4cc(F)ccc43)cc2C1.CNC(=O)C1CCCCC1. The van der Waals surface area contributed by atoms with E-state index in [-0.39, 0.29) is 11.7 Å². The van der Waals surface area contributed by atoms with Gasteiger partial charge in [-0.2, -0.15) is 0 Å². The number of ether oxygens (including phenoxy) is 1. The van der Waals surface area contributed by atoms with E-state index in [2.05, 4.69) is 23.3 Å². The van der Waals surface area contributed by atoms with Crippen molar-refractivity contribution < 1.29 is 13.9 Å². The van der Waals surface area contributed by atoms with Crippen molar-refractivity contribution in [3.63, 3.8) is 0 Å². The monoisotopic (exact) mass is 471 g/mol. The molecule has 5 rings (SSSR count).